The molecule has 1 aromatic heterocycles. The van der Waals surface area contributed by atoms with Crippen LogP contribution in [0, 0.1) is 0 Å². The largest absolute Gasteiger partial charge is 0.387 e. The molecule has 2 fully saturated rings. The summed E-state index contributed by atoms with van der Waals surface area (Å²) in [6.45, 7) is 2.69. The number of H-pyrrole nitrogens is 1. The Bertz CT molecular complexity index is 1080. The molecule has 0 aromatic carbocycles. The number of hydroxylamine groups is 2. The number of methoxy groups -OCH3 is 1. The lowest BCUT2D eigenvalue weighted by atomic mass is 10.0. The number of nitrogens with zero attached hydrogens (tertiary/aromatic N) is 2. The van der Waals surface area contributed by atoms with Gasteiger partial charge in [0.15, 0.2) is 6.23 Å². The van der Waals surface area contributed by atoms with Crippen LogP contribution < -0.4 is 11.2 Å². The monoisotopic (exact) mass is 685 g/mol. The van der Waals surface area contributed by atoms with E-state index >= 15 is 0 Å². The number of aromatic nitrogens is 2. The number of unbranched alkanes of at least 4 members (excludes halogenated alkanes) is 14. The second-order valence-corrected chi connectivity index (χ2v) is 15.5. The lowest BCUT2D eigenvalue weighted by Gasteiger charge is -2.25. The van der Waals surface area contributed by atoms with Gasteiger partial charge in [-0.1, -0.05) is 118 Å². The summed E-state index contributed by atoms with van der Waals surface area (Å²) in [5.41, 5.74) is -1.18. The lowest BCUT2D eigenvalue weighted by Crippen LogP contribution is -2.40. The van der Waals surface area contributed by atoms with Gasteiger partial charge in [-0.15, -0.1) is 0 Å². The molecule has 1 aromatic rings. The quantitative estimate of drug-likeness (QED) is 0.0653. The number of hydrogen-bond acceptors (Lipinski definition) is 9. The van der Waals surface area contributed by atoms with E-state index in [4.69, 9.17) is 14.3 Å². The maximum Gasteiger partial charge on any atom is 0.330 e. The standard InChI is InChI=1S/C34H59N3O7S2/c1-3-4-5-6-7-8-9-10-11-12-13-14-15-18-23-37(30(39)20-17-16-19-27-22-25-45-46-27)43-26-28-31(40)32(42-2)33(44-28)36-24-21-29(38)35-34(36)41/h21,24,27-28,31-33,40H,3-20,22-23,25-26H2,1-2H3,(H,35,38,41)/t27?,28-,31?,32?,33-/m1/s1. The third-order valence-corrected chi connectivity index (χ3v) is 12.0. The molecular formula is C34H59N3O7S2. The van der Waals surface area contributed by atoms with Crippen molar-refractivity contribution in [2.24, 2.45) is 0 Å². The molecular weight excluding hydrogens is 627 g/mol. The maximum atomic E-state index is 13.3. The van der Waals surface area contributed by atoms with Gasteiger partial charge >= 0.3 is 5.69 Å². The molecule has 1 amide bonds. The molecule has 10 nitrogen and oxygen atoms in total. The number of aliphatic hydroxyl groups is 1. The number of carbonyl (C=O) groups is 1. The first kappa shape index (κ1) is 39.1. The smallest absolute Gasteiger partial charge is 0.330 e. The van der Waals surface area contributed by atoms with Gasteiger partial charge in [0.25, 0.3) is 5.56 Å². The van der Waals surface area contributed by atoms with E-state index in [1.807, 2.05) is 21.6 Å². The van der Waals surface area contributed by atoms with Gasteiger partial charge in [-0.05, 0) is 25.7 Å². The number of carbonyl (C=O) groups excluding carboxylic acids is 1. The summed E-state index contributed by atoms with van der Waals surface area (Å²) in [5, 5.41) is 13.1. The van der Waals surface area contributed by atoms with Crippen molar-refractivity contribution in [3.8, 4) is 0 Å². The highest BCUT2D eigenvalue weighted by molar-refractivity contribution is 8.77. The SMILES string of the molecule is CCCCCCCCCCCCCCCCN(OC[C@H]1O[C@@H](n2ccc(=O)[nH]c2=O)C(OC)C1O)C(=O)CCCCC1CCSS1. The Labute approximate surface area is 283 Å². The van der Waals surface area contributed by atoms with Gasteiger partial charge in [-0.3, -0.25) is 24.0 Å². The fraction of sp³-hybridized carbons (Fsp3) is 0.853. The predicted molar refractivity (Wildman–Crippen MR) is 187 cm³/mol. The molecule has 0 saturated carbocycles. The number of rotatable bonds is 25. The molecule has 12 heteroatoms. The Morgan fingerprint density at radius 1 is 1.00 bits per heavy atom. The van der Waals surface area contributed by atoms with Gasteiger partial charge in [0.2, 0.25) is 5.91 Å². The van der Waals surface area contributed by atoms with Crippen molar-refractivity contribution in [1.82, 2.24) is 14.6 Å². The molecule has 2 aliphatic heterocycles. The van der Waals surface area contributed by atoms with E-state index in [2.05, 4.69) is 11.9 Å². The third-order valence-electron chi connectivity index (χ3n) is 8.99. The average molecular weight is 686 g/mol. The number of ether oxygens (including phenoxy) is 2. The number of amides is 1. The molecule has 3 unspecified atom stereocenters. The zero-order valence-corrected chi connectivity index (χ0v) is 29.8. The van der Waals surface area contributed by atoms with Crippen LogP contribution in [-0.4, -0.2) is 75.2 Å². The summed E-state index contributed by atoms with van der Waals surface area (Å²) in [6, 6.07) is 1.22. The van der Waals surface area contributed by atoms with E-state index in [1.165, 1.54) is 112 Å². The van der Waals surface area contributed by atoms with E-state index in [0.29, 0.717) is 18.2 Å². The second-order valence-electron chi connectivity index (χ2n) is 12.7. The first-order chi connectivity index (χ1) is 22.4. The number of aliphatic hydroxyl groups excluding tert-OH is 1. The van der Waals surface area contributed by atoms with Crippen molar-refractivity contribution in [1.29, 1.82) is 0 Å². The molecule has 3 heterocycles. The zero-order valence-electron chi connectivity index (χ0n) is 28.2. The van der Waals surface area contributed by atoms with E-state index in [0.717, 1.165) is 38.5 Å². The summed E-state index contributed by atoms with van der Waals surface area (Å²) in [4.78, 5) is 45.4. The Hall–Kier alpha value is -1.31. The van der Waals surface area contributed by atoms with Crippen LogP contribution in [0.1, 0.15) is 135 Å². The molecule has 5 atom stereocenters. The van der Waals surface area contributed by atoms with Crippen molar-refractivity contribution in [2.75, 3.05) is 26.0 Å². The summed E-state index contributed by atoms with van der Waals surface area (Å²) in [7, 11) is 5.34. The fourth-order valence-electron chi connectivity index (χ4n) is 6.17. The Morgan fingerprint density at radius 2 is 1.65 bits per heavy atom. The van der Waals surface area contributed by atoms with Crippen LogP contribution in [0.3, 0.4) is 0 Å². The number of nitrogens with one attached hydrogen (secondary N) is 1. The van der Waals surface area contributed by atoms with E-state index in [9.17, 15) is 19.5 Å². The highest BCUT2D eigenvalue weighted by atomic mass is 33.1. The van der Waals surface area contributed by atoms with E-state index in [-0.39, 0.29) is 12.5 Å². The normalized spacial score (nSPS) is 22.9. The summed E-state index contributed by atoms with van der Waals surface area (Å²) < 4.78 is 12.6. The topological polar surface area (TPSA) is 123 Å². The van der Waals surface area contributed by atoms with Crippen LogP contribution in [0.2, 0.25) is 0 Å². The Balaban J connectivity index is 1.41. The van der Waals surface area contributed by atoms with Crippen molar-refractivity contribution in [3.63, 3.8) is 0 Å². The third kappa shape index (κ3) is 14.0. The molecule has 3 rings (SSSR count). The number of aromatic amines is 1. The van der Waals surface area contributed by atoms with Crippen molar-refractivity contribution in [3.05, 3.63) is 33.1 Å². The van der Waals surface area contributed by atoms with Gasteiger partial charge < -0.3 is 14.6 Å². The average Bonchev–Trinajstić information content (AvgIpc) is 3.68. The lowest BCUT2D eigenvalue weighted by molar-refractivity contribution is -0.203. The molecule has 264 valence electrons. The maximum absolute atomic E-state index is 13.3. The minimum atomic E-state index is -1.09. The second kappa shape index (κ2) is 23.1. The predicted octanol–water partition coefficient (Wildman–Crippen LogP) is 6.77. The van der Waals surface area contributed by atoms with Crippen LogP contribution in [0.25, 0.3) is 0 Å². The van der Waals surface area contributed by atoms with E-state index < -0.39 is 35.8 Å². The first-order valence-corrected chi connectivity index (χ1v) is 20.2. The molecule has 0 bridgehead atoms. The van der Waals surface area contributed by atoms with Crippen LogP contribution in [0.5, 0.6) is 0 Å². The van der Waals surface area contributed by atoms with Gasteiger partial charge in [0.1, 0.15) is 24.9 Å². The fourth-order valence-corrected chi connectivity index (χ4v) is 9.20. The molecule has 2 saturated heterocycles. The summed E-state index contributed by atoms with van der Waals surface area (Å²) in [6.07, 6.45) is 20.0. The molecule has 46 heavy (non-hydrogen) atoms. The van der Waals surface area contributed by atoms with Crippen LogP contribution in [0.15, 0.2) is 21.9 Å². The van der Waals surface area contributed by atoms with Crippen LogP contribution in [-0.2, 0) is 19.1 Å². The molecule has 0 aliphatic carbocycles. The molecule has 0 spiro atoms. The van der Waals surface area contributed by atoms with Crippen LogP contribution >= 0.6 is 21.6 Å². The van der Waals surface area contributed by atoms with Gasteiger partial charge in [-0.2, -0.15) is 0 Å². The van der Waals surface area contributed by atoms with Gasteiger partial charge in [0.05, 0.1) is 0 Å². The molecule has 2 N–H and O–H groups in total. The van der Waals surface area contributed by atoms with Crippen molar-refractivity contribution >= 4 is 27.5 Å². The molecule has 2 aliphatic rings. The van der Waals surface area contributed by atoms with E-state index in [1.54, 1.807) is 0 Å². The van der Waals surface area contributed by atoms with Gasteiger partial charge in [-0.25, -0.2) is 9.86 Å². The Morgan fingerprint density at radius 3 is 2.24 bits per heavy atom. The molecule has 0 radical (unpaired) electrons. The van der Waals surface area contributed by atoms with Crippen molar-refractivity contribution in [2.45, 2.75) is 159 Å². The van der Waals surface area contributed by atoms with Crippen molar-refractivity contribution < 1.29 is 24.2 Å². The Kier molecular flexibility index (Phi) is 19.7. The van der Waals surface area contributed by atoms with Gasteiger partial charge in [0, 0.05) is 43.3 Å². The first-order valence-electron chi connectivity index (χ1n) is 17.8. The highest BCUT2D eigenvalue weighted by Crippen LogP contribution is 2.40. The minimum Gasteiger partial charge on any atom is -0.387 e. The summed E-state index contributed by atoms with van der Waals surface area (Å²) >= 11 is 0. The number of hydrogen-bond donors (Lipinski definition) is 2. The van der Waals surface area contributed by atoms with Crippen LogP contribution in [0.4, 0.5) is 0 Å². The zero-order chi connectivity index (χ0) is 33.0. The minimum absolute atomic E-state index is 0.0488. The highest BCUT2D eigenvalue weighted by Gasteiger charge is 2.46. The summed E-state index contributed by atoms with van der Waals surface area (Å²) in [5.74, 6) is 1.17.